The zero-order chi connectivity index (χ0) is 10.7. The van der Waals surface area contributed by atoms with Crippen LogP contribution in [0.5, 0.6) is 0 Å². The van der Waals surface area contributed by atoms with E-state index in [0.717, 1.165) is 17.7 Å². The second kappa shape index (κ2) is 4.13. The lowest BCUT2D eigenvalue weighted by Crippen LogP contribution is -2.02. The summed E-state index contributed by atoms with van der Waals surface area (Å²) in [5.74, 6) is -0.328. The Hall–Kier alpha value is -1.84. The molecule has 78 valence electrons. The molecule has 0 saturated heterocycles. The third kappa shape index (κ3) is 1.98. The van der Waals surface area contributed by atoms with Crippen LogP contribution in [0.15, 0.2) is 29.4 Å². The molecule has 0 bridgehead atoms. The second-order valence-corrected chi connectivity index (χ2v) is 3.19. The zero-order valence-electron chi connectivity index (χ0n) is 8.40. The summed E-state index contributed by atoms with van der Waals surface area (Å²) in [7, 11) is 1.37. The first-order valence-corrected chi connectivity index (χ1v) is 4.69. The van der Waals surface area contributed by atoms with E-state index in [1.54, 1.807) is 12.1 Å². The summed E-state index contributed by atoms with van der Waals surface area (Å²) < 4.78 is 4.61. The van der Waals surface area contributed by atoms with Gasteiger partial charge in [0.25, 0.3) is 0 Å². The van der Waals surface area contributed by atoms with Gasteiger partial charge in [-0.2, -0.15) is 0 Å². The third-order valence-corrected chi connectivity index (χ3v) is 2.24. The summed E-state index contributed by atoms with van der Waals surface area (Å²) in [6.45, 7) is 0.633. The monoisotopic (exact) mass is 205 g/mol. The lowest BCUT2D eigenvalue weighted by Gasteiger charge is -2.01. The first-order valence-electron chi connectivity index (χ1n) is 4.69. The Kier molecular flexibility index (Phi) is 2.67. The molecule has 0 N–H and O–H groups in total. The average Bonchev–Trinajstić information content (AvgIpc) is 2.82. The molecular formula is C11H11NO3. The Morgan fingerprint density at radius 3 is 2.67 bits per heavy atom. The molecule has 0 saturated carbocycles. The summed E-state index contributed by atoms with van der Waals surface area (Å²) in [5.41, 5.74) is 2.45. The fourth-order valence-corrected chi connectivity index (χ4v) is 1.43. The van der Waals surface area contributed by atoms with Gasteiger partial charge >= 0.3 is 5.97 Å². The fraction of sp³-hybridized carbons (Fsp3) is 0.273. The van der Waals surface area contributed by atoms with Crippen molar-refractivity contribution < 1.29 is 14.4 Å². The van der Waals surface area contributed by atoms with Crippen LogP contribution in [0.3, 0.4) is 0 Å². The minimum absolute atomic E-state index is 0.328. The molecule has 0 atom stereocenters. The van der Waals surface area contributed by atoms with Gasteiger partial charge in [0, 0.05) is 6.42 Å². The van der Waals surface area contributed by atoms with Crippen LogP contribution < -0.4 is 0 Å². The number of benzene rings is 1. The maximum absolute atomic E-state index is 11.2. The first-order chi connectivity index (χ1) is 7.31. The van der Waals surface area contributed by atoms with Gasteiger partial charge in [0.1, 0.15) is 6.61 Å². The number of ether oxygens (including phenoxy) is 1. The molecule has 1 heterocycles. The molecule has 0 radical (unpaired) electrons. The zero-order valence-corrected chi connectivity index (χ0v) is 8.40. The summed E-state index contributed by atoms with van der Waals surface area (Å²) in [6, 6.07) is 7.14. The number of hydrogen-bond donors (Lipinski definition) is 0. The molecule has 4 heteroatoms. The molecule has 1 aliphatic heterocycles. The first kappa shape index (κ1) is 9.71. The van der Waals surface area contributed by atoms with Crippen LogP contribution in [0.2, 0.25) is 0 Å². The van der Waals surface area contributed by atoms with Crippen molar-refractivity contribution in [1.29, 1.82) is 0 Å². The highest BCUT2D eigenvalue weighted by Crippen LogP contribution is 2.12. The number of esters is 1. The molecule has 1 aliphatic rings. The topological polar surface area (TPSA) is 47.9 Å². The molecule has 1 aromatic carbocycles. The van der Waals surface area contributed by atoms with Crippen molar-refractivity contribution in [2.75, 3.05) is 13.7 Å². The van der Waals surface area contributed by atoms with Crippen molar-refractivity contribution in [1.82, 2.24) is 0 Å². The number of oxime groups is 1. The van der Waals surface area contributed by atoms with E-state index in [1.165, 1.54) is 7.11 Å². The van der Waals surface area contributed by atoms with E-state index in [-0.39, 0.29) is 5.97 Å². The number of carbonyl (C=O) groups is 1. The van der Waals surface area contributed by atoms with Gasteiger partial charge in [0.2, 0.25) is 0 Å². The minimum atomic E-state index is -0.328. The van der Waals surface area contributed by atoms with Gasteiger partial charge in [-0.05, 0) is 17.7 Å². The highest BCUT2D eigenvalue weighted by Gasteiger charge is 2.11. The highest BCUT2D eigenvalue weighted by molar-refractivity contribution is 6.01. The van der Waals surface area contributed by atoms with Crippen molar-refractivity contribution in [3.05, 3.63) is 35.4 Å². The van der Waals surface area contributed by atoms with E-state index in [1.807, 2.05) is 12.1 Å². The Balaban J connectivity index is 2.20. The van der Waals surface area contributed by atoms with Gasteiger partial charge in [-0.25, -0.2) is 4.79 Å². The highest BCUT2D eigenvalue weighted by atomic mass is 16.6. The Labute approximate surface area is 87.5 Å². The Bertz CT molecular complexity index is 395. The summed E-state index contributed by atoms with van der Waals surface area (Å²) in [5, 5.41) is 3.90. The van der Waals surface area contributed by atoms with Crippen LogP contribution in [0, 0.1) is 0 Å². The normalized spacial score (nSPS) is 14.3. The molecular weight excluding hydrogens is 194 g/mol. The average molecular weight is 205 g/mol. The summed E-state index contributed by atoms with van der Waals surface area (Å²) >= 11 is 0. The van der Waals surface area contributed by atoms with Crippen molar-refractivity contribution in [2.24, 2.45) is 5.16 Å². The van der Waals surface area contributed by atoms with E-state index >= 15 is 0 Å². The smallest absolute Gasteiger partial charge is 0.337 e. The fourth-order valence-electron chi connectivity index (χ4n) is 1.43. The molecule has 0 aliphatic carbocycles. The van der Waals surface area contributed by atoms with Gasteiger partial charge in [0.15, 0.2) is 0 Å². The van der Waals surface area contributed by atoms with Crippen LogP contribution in [-0.4, -0.2) is 25.4 Å². The molecule has 0 unspecified atom stereocenters. The number of nitrogens with zero attached hydrogens (tertiary/aromatic N) is 1. The van der Waals surface area contributed by atoms with E-state index in [9.17, 15) is 4.79 Å². The second-order valence-electron chi connectivity index (χ2n) is 3.19. The summed E-state index contributed by atoms with van der Waals surface area (Å²) in [6.07, 6.45) is 0.817. The lowest BCUT2D eigenvalue weighted by molar-refractivity contribution is 0.0601. The maximum atomic E-state index is 11.2. The van der Waals surface area contributed by atoms with Crippen LogP contribution in [0.1, 0.15) is 22.3 Å². The molecule has 0 spiro atoms. The van der Waals surface area contributed by atoms with E-state index in [2.05, 4.69) is 9.89 Å². The molecule has 0 fully saturated rings. The van der Waals surface area contributed by atoms with E-state index in [4.69, 9.17) is 4.84 Å². The molecule has 15 heavy (non-hydrogen) atoms. The van der Waals surface area contributed by atoms with Crippen LogP contribution in [-0.2, 0) is 9.57 Å². The predicted molar refractivity (Wildman–Crippen MR) is 54.9 cm³/mol. The Morgan fingerprint density at radius 1 is 1.40 bits per heavy atom. The number of carbonyl (C=O) groups excluding carboxylic acids is 1. The van der Waals surface area contributed by atoms with Gasteiger partial charge in [-0.3, -0.25) is 0 Å². The van der Waals surface area contributed by atoms with Gasteiger partial charge in [-0.15, -0.1) is 0 Å². The van der Waals surface area contributed by atoms with Crippen LogP contribution in [0.4, 0.5) is 0 Å². The molecule has 4 nitrogen and oxygen atoms in total. The minimum Gasteiger partial charge on any atom is -0.465 e. The maximum Gasteiger partial charge on any atom is 0.337 e. The predicted octanol–water partition coefficient (Wildman–Crippen LogP) is 1.60. The van der Waals surface area contributed by atoms with E-state index < -0.39 is 0 Å². The van der Waals surface area contributed by atoms with Gasteiger partial charge < -0.3 is 9.57 Å². The standard InChI is InChI=1S/C11H11NO3/c1-14-11(13)9-4-2-8(3-5-9)10-6-7-15-12-10/h2-5H,6-7H2,1H3. The van der Waals surface area contributed by atoms with Crippen LogP contribution in [0.25, 0.3) is 0 Å². The summed E-state index contributed by atoms with van der Waals surface area (Å²) in [4.78, 5) is 16.1. The lowest BCUT2D eigenvalue weighted by atomic mass is 10.1. The third-order valence-electron chi connectivity index (χ3n) is 2.24. The number of rotatable bonds is 2. The molecule has 1 aromatic rings. The van der Waals surface area contributed by atoms with Gasteiger partial charge in [0.05, 0.1) is 18.4 Å². The quantitative estimate of drug-likeness (QED) is 0.689. The van der Waals surface area contributed by atoms with Crippen molar-refractivity contribution in [2.45, 2.75) is 6.42 Å². The largest absolute Gasteiger partial charge is 0.465 e. The molecule has 0 amide bonds. The SMILES string of the molecule is COC(=O)c1ccc(C2=NOCC2)cc1. The Morgan fingerprint density at radius 2 is 2.13 bits per heavy atom. The van der Waals surface area contributed by atoms with Crippen molar-refractivity contribution >= 4 is 11.7 Å². The van der Waals surface area contributed by atoms with Crippen molar-refractivity contribution in [3.63, 3.8) is 0 Å². The van der Waals surface area contributed by atoms with E-state index in [0.29, 0.717) is 12.2 Å². The number of methoxy groups -OCH3 is 1. The van der Waals surface area contributed by atoms with Gasteiger partial charge in [-0.1, -0.05) is 17.3 Å². The van der Waals surface area contributed by atoms with Crippen molar-refractivity contribution in [3.8, 4) is 0 Å². The number of hydrogen-bond acceptors (Lipinski definition) is 4. The van der Waals surface area contributed by atoms with Crippen LogP contribution >= 0.6 is 0 Å². The molecule has 0 aromatic heterocycles. The molecule has 2 rings (SSSR count).